The lowest BCUT2D eigenvalue weighted by molar-refractivity contribution is -0.142. The van der Waals surface area contributed by atoms with E-state index in [-0.39, 0.29) is 24.2 Å². The van der Waals surface area contributed by atoms with E-state index in [0.717, 1.165) is 115 Å². The molecule has 0 unspecified atom stereocenters. The average Bonchev–Trinajstić information content (AvgIpc) is 3.98. The SMILES string of the molecule is C=CC(=C)C1=C(C)C2=NC1=CC1=NC(=CC3=C(C)C4=C(O)CC(=C5NC(=C2)[C@@H](C)[C@@H]5CCC(=O)OC/C=C(\C)CCC[C@H](C)CCC[C@H](C)CCCC(C)C)C4=N3)C(CC)=C1C. The molecule has 332 valence electrons. The Labute approximate surface area is 373 Å². The van der Waals surface area contributed by atoms with E-state index < -0.39 is 0 Å². The van der Waals surface area contributed by atoms with Crippen molar-refractivity contribution in [2.75, 3.05) is 6.61 Å². The van der Waals surface area contributed by atoms with Gasteiger partial charge in [0.25, 0.3) is 0 Å². The van der Waals surface area contributed by atoms with Gasteiger partial charge in [-0.2, -0.15) is 0 Å². The van der Waals surface area contributed by atoms with Crippen LogP contribution in [0.2, 0.25) is 0 Å². The highest BCUT2D eigenvalue weighted by molar-refractivity contribution is 6.21. The minimum Gasteiger partial charge on any atom is -0.511 e. The van der Waals surface area contributed by atoms with Crippen LogP contribution in [0.25, 0.3) is 0 Å². The van der Waals surface area contributed by atoms with Crippen LogP contribution in [0, 0.1) is 29.6 Å². The largest absolute Gasteiger partial charge is 0.511 e. The number of aliphatic hydroxyl groups is 1. The van der Waals surface area contributed by atoms with E-state index in [1.54, 1.807) is 6.08 Å². The molecule has 0 saturated carbocycles. The Balaban J connectivity index is 1.15. The van der Waals surface area contributed by atoms with Crippen molar-refractivity contribution in [2.24, 2.45) is 44.6 Å². The third-order valence-electron chi connectivity index (χ3n) is 14.1. The van der Waals surface area contributed by atoms with Crippen LogP contribution in [0.4, 0.5) is 0 Å². The molecule has 0 aromatic carbocycles. The fraction of sp³-hybridized carbons (Fsp3) is 0.527. The maximum absolute atomic E-state index is 13.3. The van der Waals surface area contributed by atoms with Crippen molar-refractivity contribution in [3.05, 3.63) is 128 Å². The van der Waals surface area contributed by atoms with E-state index in [1.807, 2.05) is 6.92 Å². The quantitative estimate of drug-likeness (QED) is 0.0725. The fourth-order valence-corrected chi connectivity index (χ4v) is 10.0. The van der Waals surface area contributed by atoms with E-state index in [4.69, 9.17) is 19.7 Å². The Morgan fingerprint density at radius 3 is 2.24 bits per heavy atom. The molecular formula is C55H74N4O3. The second kappa shape index (κ2) is 20.6. The van der Waals surface area contributed by atoms with Crippen molar-refractivity contribution in [2.45, 2.75) is 153 Å². The molecule has 0 amide bonds. The highest BCUT2D eigenvalue weighted by Crippen LogP contribution is 2.47. The van der Waals surface area contributed by atoms with Gasteiger partial charge in [0.05, 0.1) is 34.2 Å². The van der Waals surface area contributed by atoms with Crippen molar-refractivity contribution < 1.29 is 14.6 Å². The zero-order chi connectivity index (χ0) is 44.8. The number of hydrogen-bond acceptors (Lipinski definition) is 7. The van der Waals surface area contributed by atoms with Crippen LogP contribution in [0.3, 0.4) is 0 Å². The molecule has 0 radical (unpaired) electrons. The number of allylic oxidation sites excluding steroid dienone is 14. The molecule has 6 rings (SSSR count). The summed E-state index contributed by atoms with van der Waals surface area (Å²) in [5, 5.41) is 15.3. The number of ether oxygens (including phenoxy) is 1. The molecule has 1 fully saturated rings. The van der Waals surface area contributed by atoms with E-state index in [2.05, 4.69) is 105 Å². The van der Waals surface area contributed by atoms with Gasteiger partial charge < -0.3 is 15.2 Å². The number of nitrogens with one attached hydrogen (secondary N) is 1. The Morgan fingerprint density at radius 2 is 1.56 bits per heavy atom. The second-order valence-electron chi connectivity index (χ2n) is 19.4. The molecule has 7 nitrogen and oxygen atoms in total. The molecule has 62 heavy (non-hydrogen) atoms. The number of rotatable bonds is 20. The molecule has 0 spiro atoms. The number of aliphatic hydroxyl groups excluding tert-OH is 1. The maximum Gasteiger partial charge on any atom is 0.306 e. The zero-order valence-corrected chi connectivity index (χ0v) is 39.7. The van der Waals surface area contributed by atoms with Crippen molar-refractivity contribution in [3.63, 3.8) is 0 Å². The average molecular weight is 839 g/mol. The van der Waals surface area contributed by atoms with Gasteiger partial charge in [0.15, 0.2) is 0 Å². The van der Waals surface area contributed by atoms with E-state index in [1.165, 1.54) is 62.5 Å². The smallest absolute Gasteiger partial charge is 0.306 e. The Kier molecular flexibility index (Phi) is 15.5. The molecule has 5 heterocycles. The molecule has 4 atom stereocenters. The van der Waals surface area contributed by atoms with Gasteiger partial charge in [-0.25, -0.2) is 15.0 Å². The lowest BCUT2D eigenvalue weighted by atomic mass is 9.86. The molecule has 2 N–H and O–H groups in total. The minimum atomic E-state index is -0.195. The standard InChI is InChI=1S/C55H74N4O3/c1-13-36(8)52-39(11)46-29-45-38(10)42(24-25-51(61)62-27-26-35(7)23-17-22-34(6)21-16-20-33(5)19-15-18-32(3)4)54(58-45)43-28-50(60)53-40(12)47(59-55(43)53)30-48-41(14-2)37(9)44(56-48)31-49(52)57-46/h13,26,29-34,38,42,58,60H,1,8,14-25,27-28H2,2-7,9-12H3/b35-26+,45-29?,48-30?,49-31?,54-43?/t33-,34-,38+,42+/m1/s1. The van der Waals surface area contributed by atoms with Crippen molar-refractivity contribution >= 4 is 23.1 Å². The number of fused-ring (bicyclic) bond motifs is 5. The van der Waals surface area contributed by atoms with Crippen LogP contribution in [0.5, 0.6) is 0 Å². The Hall–Kier alpha value is -4.78. The van der Waals surface area contributed by atoms with E-state index in [9.17, 15) is 9.90 Å². The lowest BCUT2D eigenvalue weighted by Crippen LogP contribution is -2.16. The first-order valence-corrected chi connectivity index (χ1v) is 23.7. The minimum absolute atomic E-state index is 0.0212. The first-order valence-electron chi connectivity index (χ1n) is 23.7. The normalized spacial score (nSPS) is 22.0. The van der Waals surface area contributed by atoms with Gasteiger partial charge in [0, 0.05) is 52.8 Å². The van der Waals surface area contributed by atoms with Crippen LogP contribution in [0.15, 0.2) is 143 Å². The third kappa shape index (κ3) is 10.5. The van der Waals surface area contributed by atoms with Crippen LogP contribution in [-0.4, -0.2) is 34.8 Å². The van der Waals surface area contributed by atoms with Crippen molar-refractivity contribution in [1.29, 1.82) is 0 Å². The van der Waals surface area contributed by atoms with Crippen LogP contribution in [-0.2, 0) is 9.53 Å². The summed E-state index contributed by atoms with van der Waals surface area (Å²) in [7, 11) is 0. The highest BCUT2D eigenvalue weighted by Gasteiger charge is 2.41. The molecule has 7 heteroatoms. The number of hydrogen-bond donors (Lipinski definition) is 2. The van der Waals surface area contributed by atoms with E-state index in [0.29, 0.717) is 25.2 Å². The fourth-order valence-electron chi connectivity index (χ4n) is 10.0. The van der Waals surface area contributed by atoms with Crippen LogP contribution in [0.1, 0.15) is 153 Å². The maximum atomic E-state index is 13.3. The number of nitrogens with zero attached hydrogens (tertiary/aromatic N) is 3. The summed E-state index contributed by atoms with van der Waals surface area (Å²) in [6, 6.07) is 0. The summed E-state index contributed by atoms with van der Waals surface area (Å²) in [4.78, 5) is 28.9. The first-order chi connectivity index (χ1) is 29.6. The van der Waals surface area contributed by atoms with Gasteiger partial charge >= 0.3 is 5.97 Å². The highest BCUT2D eigenvalue weighted by atomic mass is 16.5. The van der Waals surface area contributed by atoms with Crippen molar-refractivity contribution in [1.82, 2.24) is 5.32 Å². The zero-order valence-electron chi connectivity index (χ0n) is 39.7. The monoisotopic (exact) mass is 839 g/mol. The van der Waals surface area contributed by atoms with Gasteiger partial charge in [0.2, 0.25) is 0 Å². The van der Waals surface area contributed by atoms with Gasteiger partial charge in [-0.3, -0.25) is 4.79 Å². The number of carbonyl (C=O) groups is 1. The third-order valence-corrected chi connectivity index (χ3v) is 14.1. The Bertz CT molecular complexity index is 2230. The van der Waals surface area contributed by atoms with Crippen LogP contribution < -0.4 is 5.32 Å². The summed E-state index contributed by atoms with van der Waals surface area (Å²) >= 11 is 0. The number of carbonyl (C=O) groups excluding carboxylic acids is 1. The topological polar surface area (TPSA) is 95.6 Å². The van der Waals surface area contributed by atoms with Gasteiger partial charge in [-0.05, 0) is 123 Å². The molecular weight excluding hydrogens is 765 g/mol. The summed E-state index contributed by atoms with van der Waals surface area (Å²) in [6.45, 7) is 30.9. The molecule has 6 aliphatic rings. The number of esters is 1. The molecule has 1 saturated heterocycles. The molecule has 8 bridgehead atoms. The summed E-state index contributed by atoms with van der Waals surface area (Å²) in [5.41, 5.74) is 16.2. The van der Waals surface area contributed by atoms with Gasteiger partial charge in [-0.15, -0.1) is 0 Å². The molecule has 0 aromatic rings. The van der Waals surface area contributed by atoms with Crippen molar-refractivity contribution in [3.8, 4) is 0 Å². The molecule has 1 aliphatic carbocycles. The van der Waals surface area contributed by atoms with Crippen LogP contribution >= 0.6 is 0 Å². The summed E-state index contributed by atoms with van der Waals surface area (Å²) < 4.78 is 5.81. The first kappa shape index (κ1) is 46.7. The molecule has 5 aliphatic heterocycles. The predicted molar refractivity (Wildman–Crippen MR) is 260 cm³/mol. The van der Waals surface area contributed by atoms with E-state index >= 15 is 0 Å². The van der Waals surface area contributed by atoms with Gasteiger partial charge in [-0.1, -0.05) is 111 Å². The Morgan fingerprint density at radius 1 is 0.903 bits per heavy atom. The second-order valence-corrected chi connectivity index (χ2v) is 19.4. The predicted octanol–water partition coefficient (Wildman–Crippen LogP) is 14.1. The summed E-state index contributed by atoms with van der Waals surface area (Å²) in [5.74, 6) is 2.55. The lowest BCUT2D eigenvalue weighted by Gasteiger charge is -2.17. The summed E-state index contributed by atoms with van der Waals surface area (Å²) in [6.07, 6.45) is 23.7. The molecule has 0 aromatic heterocycles. The number of aliphatic imine (C=N–C) groups is 3. The van der Waals surface area contributed by atoms with Gasteiger partial charge in [0.1, 0.15) is 12.4 Å².